The maximum absolute atomic E-state index is 11.7. The molecule has 0 fully saturated rings. The molecule has 0 heterocycles. The Labute approximate surface area is 146 Å². The molecule has 2 aromatic rings. The van der Waals surface area contributed by atoms with Crippen molar-refractivity contribution in [1.82, 2.24) is 10.6 Å². The smallest absolute Gasteiger partial charge is 0.239 e. The van der Waals surface area contributed by atoms with Gasteiger partial charge in [0.25, 0.3) is 0 Å². The highest BCUT2D eigenvalue weighted by Crippen LogP contribution is 2.14. The number of carbonyl (C=O) groups is 2. The zero-order valence-corrected chi connectivity index (χ0v) is 13.9. The van der Waals surface area contributed by atoms with Gasteiger partial charge >= 0.3 is 0 Å². The highest BCUT2D eigenvalue weighted by atomic mass is 35.5. The third-order valence-electron chi connectivity index (χ3n) is 3.22. The lowest BCUT2D eigenvalue weighted by molar-refractivity contribution is -0.126. The molecule has 0 spiro atoms. The molecule has 0 aliphatic heterocycles. The van der Waals surface area contributed by atoms with Crippen LogP contribution in [0.15, 0.2) is 54.6 Å². The van der Waals surface area contributed by atoms with E-state index in [0.29, 0.717) is 17.3 Å². The fourth-order valence-electron chi connectivity index (χ4n) is 1.94. The van der Waals surface area contributed by atoms with Crippen LogP contribution in [0.25, 0.3) is 0 Å². The summed E-state index contributed by atoms with van der Waals surface area (Å²) in [7, 11) is 0. The highest BCUT2D eigenvalue weighted by molar-refractivity contribution is 6.31. The molecule has 2 rings (SSSR count). The number of halogens is 1. The summed E-state index contributed by atoms with van der Waals surface area (Å²) in [4.78, 5) is 23.4. The molecule has 0 unspecified atom stereocenters. The highest BCUT2D eigenvalue weighted by Gasteiger charge is 2.07. The number of nitrogens with one attached hydrogen (secondary N) is 2. The SMILES string of the molecule is O=C(CCOc1ccccc1)NCC(=O)NCc1ccccc1Cl. The van der Waals surface area contributed by atoms with Crippen LogP contribution in [-0.4, -0.2) is 25.0 Å². The number of para-hydroxylation sites is 1. The zero-order valence-electron chi connectivity index (χ0n) is 13.1. The van der Waals surface area contributed by atoms with E-state index < -0.39 is 0 Å². The Morgan fingerprint density at radius 2 is 1.62 bits per heavy atom. The minimum Gasteiger partial charge on any atom is -0.493 e. The average Bonchev–Trinajstić information content (AvgIpc) is 2.60. The first-order valence-electron chi connectivity index (χ1n) is 7.60. The van der Waals surface area contributed by atoms with Gasteiger partial charge in [-0.25, -0.2) is 0 Å². The van der Waals surface area contributed by atoms with Gasteiger partial charge in [0, 0.05) is 11.6 Å². The maximum atomic E-state index is 11.7. The molecule has 0 radical (unpaired) electrons. The Kier molecular flexibility index (Phi) is 7.11. The Balaban J connectivity index is 1.61. The van der Waals surface area contributed by atoms with E-state index in [-0.39, 0.29) is 31.4 Å². The normalized spacial score (nSPS) is 10.0. The second-order valence-electron chi connectivity index (χ2n) is 5.06. The number of carbonyl (C=O) groups excluding carboxylic acids is 2. The predicted octanol–water partition coefficient (Wildman–Crippen LogP) is 2.54. The van der Waals surface area contributed by atoms with E-state index in [4.69, 9.17) is 16.3 Å². The summed E-state index contributed by atoms with van der Waals surface area (Å²) >= 11 is 6.01. The van der Waals surface area contributed by atoms with Crippen LogP contribution in [0.5, 0.6) is 5.75 Å². The number of amides is 2. The van der Waals surface area contributed by atoms with Crippen molar-refractivity contribution in [3.05, 3.63) is 65.2 Å². The quantitative estimate of drug-likeness (QED) is 0.772. The first-order valence-corrected chi connectivity index (χ1v) is 7.97. The molecule has 0 atom stereocenters. The van der Waals surface area contributed by atoms with Crippen molar-refractivity contribution >= 4 is 23.4 Å². The molecule has 0 bridgehead atoms. The zero-order chi connectivity index (χ0) is 17.2. The molecule has 24 heavy (non-hydrogen) atoms. The van der Waals surface area contributed by atoms with Gasteiger partial charge in [0.1, 0.15) is 5.75 Å². The van der Waals surface area contributed by atoms with Crippen LogP contribution < -0.4 is 15.4 Å². The van der Waals surface area contributed by atoms with Gasteiger partial charge in [-0.3, -0.25) is 9.59 Å². The minimum absolute atomic E-state index is 0.0748. The molecule has 0 aromatic heterocycles. The summed E-state index contributed by atoms with van der Waals surface area (Å²) in [5, 5.41) is 5.86. The minimum atomic E-state index is -0.271. The second kappa shape index (κ2) is 9.57. The lowest BCUT2D eigenvalue weighted by Gasteiger charge is -2.09. The Morgan fingerprint density at radius 3 is 2.38 bits per heavy atom. The lowest BCUT2D eigenvalue weighted by Crippen LogP contribution is -2.37. The van der Waals surface area contributed by atoms with Gasteiger partial charge in [-0.15, -0.1) is 0 Å². The van der Waals surface area contributed by atoms with Gasteiger partial charge in [-0.1, -0.05) is 48.0 Å². The number of hydrogen-bond donors (Lipinski definition) is 2. The molecular weight excluding hydrogens is 328 g/mol. The molecule has 2 N–H and O–H groups in total. The van der Waals surface area contributed by atoms with E-state index >= 15 is 0 Å². The molecule has 0 saturated heterocycles. The Bertz CT molecular complexity index is 677. The van der Waals surface area contributed by atoms with E-state index in [2.05, 4.69) is 10.6 Å². The van der Waals surface area contributed by atoms with Crippen LogP contribution in [0.2, 0.25) is 5.02 Å². The molecule has 0 saturated carbocycles. The molecule has 5 nitrogen and oxygen atoms in total. The van der Waals surface area contributed by atoms with Gasteiger partial charge in [0.05, 0.1) is 19.6 Å². The van der Waals surface area contributed by atoms with E-state index in [9.17, 15) is 9.59 Å². The fraction of sp³-hybridized carbons (Fsp3) is 0.222. The van der Waals surface area contributed by atoms with E-state index in [1.807, 2.05) is 48.5 Å². The standard InChI is InChI=1S/C18H19ClN2O3/c19-16-9-5-4-6-14(16)12-20-18(23)13-21-17(22)10-11-24-15-7-2-1-3-8-15/h1-9H,10-13H2,(H,20,23)(H,21,22). The van der Waals surface area contributed by atoms with Crippen molar-refractivity contribution < 1.29 is 14.3 Å². The maximum Gasteiger partial charge on any atom is 0.239 e. The summed E-state index contributed by atoms with van der Waals surface area (Å²) in [6.07, 6.45) is 0.187. The van der Waals surface area contributed by atoms with Gasteiger partial charge in [0.2, 0.25) is 11.8 Å². The van der Waals surface area contributed by atoms with Gasteiger partial charge in [-0.05, 0) is 23.8 Å². The lowest BCUT2D eigenvalue weighted by atomic mass is 10.2. The van der Waals surface area contributed by atoms with Crippen LogP contribution in [0.3, 0.4) is 0 Å². The molecule has 6 heteroatoms. The van der Waals surface area contributed by atoms with E-state index in [1.165, 1.54) is 0 Å². The summed E-state index contributed by atoms with van der Waals surface area (Å²) in [6.45, 7) is 0.511. The molecule has 2 aromatic carbocycles. The fourth-order valence-corrected chi connectivity index (χ4v) is 2.15. The summed E-state index contributed by atoms with van der Waals surface area (Å²) < 4.78 is 5.43. The second-order valence-corrected chi connectivity index (χ2v) is 5.46. The van der Waals surface area contributed by atoms with Gasteiger partial charge in [-0.2, -0.15) is 0 Å². The van der Waals surface area contributed by atoms with Crippen LogP contribution in [0, 0.1) is 0 Å². The topological polar surface area (TPSA) is 67.4 Å². The Morgan fingerprint density at radius 1 is 0.917 bits per heavy atom. The number of rotatable bonds is 8. The number of ether oxygens (including phenoxy) is 1. The van der Waals surface area contributed by atoms with Crippen LogP contribution in [0.1, 0.15) is 12.0 Å². The van der Waals surface area contributed by atoms with Crippen molar-refractivity contribution in [3.8, 4) is 5.75 Å². The monoisotopic (exact) mass is 346 g/mol. The molecular formula is C18H19ClN2O3. The van der Waals surface area contributed by atoms with E-state index in [0.717, 1.165) is 5.56 Å². The first kappa shape index (κ1) is 17.8. The predicted molar refractivity (Wildman–Crippen MR) is 92.9 cm³/mol. The average molecular weight is 347 g/mol. The van der Waals surface area contributed by atoms with Crippen molar-refractivity contribution in [3.63, 3.8) is 0 Å². The van der Waals surface area contributed by atoms with Gasteiger partial charge < -0.3 is 15.4 Å². The summed E-state index contributed by atoms with van der Waals surface area (Å²) in [5.41, 5.74) is 0.829. The first-order chi connectivity index (χ1) is 11.6. The Hall–Kier alpha value is -2.53. The largest absolute Gasteiger partial charge is 0.493 e. The van der Waals surface area contributed by atoms with Crippen LogP contribution in [0.4, 0.5) is 0 Å². The molecule has 126 valence electrons. The number of benzene rings is 2. The third kappa shape index (κ3) is 6.30. The summed E-state index contributed by atoms with van der Waals surface area (Å²) in [5.74, 6) is 0.203. The van der Waals surface area contributed by atoms with Crippen molar-refractivity contribution in [1.29, 1.82) is 0 Å². The van der Waals surface area contributed by atoms with Crippen LogP contribution >= 0.6 is 11.6 Å². The molecule has 2 amide bonds. The third-order valence-corrected chi connectivity index (χ3v) is 3.59. The summed E-state index contributed by atoms with van der Waals surface area (Å²) in [6, 6.07) is 16.5. The van der Waals surface area contributed by atoms with Crippen LogP contribution in [-0.2, 0) is 16.1 Å². The van der Waals surface area contributed by atoms with Crippen molar-refractivity contribution in [2.75, 3.05) is 13.2 Å². The molecule has 0 aliphatic carbocycles. The molecule has 0 aliphatic rings. The van der Waals surface area contributed by atoms with Crippen molar-refractivity contribution in [2.45, 2.75) is 13.0 Å². The van der Waals surface area contributed by atoms with E-state index in [1.54, 1.807) is 6.07 Å². The number of hydrogen-bond acceptors (Lipinski definition) is 3. The van der Waals surface area contributed by atoms with Gasteiger partial charge in [0.15, 0.2) is 0 Å². The van der Waals surface area contributed by atoms with Crippen molar-refractivity contribution in [2.24, 2.45) is 0 Å².